The third kappa shape index (κ3) is 6.28. The van der Waals surface area contributed by atoms with Crippen LogP contribution in [0.5, 0.6) is 0 Å². The Bertz CT molecular complexity index is 813. The first kappa shape index (κ1) is 24.3. The van der Waals surface area contributed by atoms with Crippen molar-refractivity contribution in [2.45, 2.75) is 51.9 Å². The van der Waals surface area contributed by atoms with Crippen molar-refractivity contribution in [2.75, 3.05) is 32.7 Å². The van der Waals surface area contributed by atoms with Crippen LogP contribution in [0.4, 0.5) is 0 Å². The van der Waals surface area contributed by atoms with Crippen LogP contribution in [0, 0.1) is 11.8 Å². The van der Waals surface area contributed by atoms with Crippen LogP contribution in [0.3, 0.4) is 0 Å². The standard InChI is InChI=1S/C22H35N3O4S/c1-5-11-23-21(26)16-24(12-6-2)22(27)19-7-9-20(10-8-19)30(28,29)25-14-17(3)13-18(4)15-25/h7-10,17-18H,5-6,11-16H2,1-4H3,(H,23,26). The summed E-state index contributed by atoms with van der Waals surface area (Å²) in [4.78, 5) is 26.6. The van der Waals surface area contributed by atoms with Gasteiger partial charge in [0, 0.05) is 31.7 Å². The molecule has 1 aliphatic rings. The van der Waals surface area contributed by atoms with Crippen LogP contribution in [0.1, 0.15) is 57.3 Å². The second kappa shape index (κ2) is 10.9. The smallest absolute Gasteiger partial charge is 0.254 e. The van der Waals surface area contributed by atoms with E-state index in [1.54, 1.807) is 16.4 Å². The molecule has 1 heterocycles. The molecule has 1 aromatic rings. The summed E-state index contributed by atoms with van der Waals surface area (Å²) in [6.45, 7) is 10.1. The number of nitrogens with zero attached hydrogens (tertiary/aromatic N) is 2. The van der Waals surface area contributed by atoms with Gasteiger partial charge in [0.15, 0.2) is 0 Å². The molecule has 0 spiro atoms. The number of nitrogens with one attached hydrogen (secondary N) is 1. The molecule has 2 unspecified atom stereocenters. The van der Waals surface area contributed by atoms with Crippen molar-refractivity contribution in [1.82, 2.24) is 14.5 Å². The Labute approximate surface area is 180 Å². The predicted molar refractivity (Wildman–Crippen MR) is 118 cm³/mol. The van der Waals surface area contributed by atoms with Gasteiger partial charge in [0.25, 0.3) is 5.91 Å². The van der Waals surface area contributed by atoms with E-state index in [0.717, 1.165) is 19.3 Å². The lowest BCUT2D eigenvalue weighted by molar-refractivity contribution is -0.121. The number of hydrogen-bond donors (Lipinski definition) is 1. The van der Waals surface area contributed by atoms with Gasteiger partial charge >= 0.3 is 0 Å². The molecule has 8 heteroatoms. The molecule has 30 heavy (non-hydrogen) atoms. The molecule has 1 aromatic carbocycles. The van der Waals surface area contributed by atoms with Gasteiger partial charge in [0.1, 0.15) is 0 Å². The molecule has 2 rings (SSSR count). The highest BCUT2D eigenvalue weighted by Crippen LogP contribution is 2.26. The van der Waals surface area contributed by atoms with Crippen LogP contribution in [-0.4, -0.2) is 62.2 Å². The Kier molecular flexibility index (Phi) is 8.85. The Balaban J connectivity index is 2.14. The Morgan fingerprint density at radius 3 is 2.20 bits per heavy atom. The van der Waals surface area contributed by atoms with Crippen molar-refractivity contribution in [2.24, 2.45) is 11.8 Å². The van der Waals surface area contributed by atoms with Gasteiger partial charge in [-0.15, -0.1) is 0 Å². The number of benzene rings is 1. The van der Waals surface area contributed by atoms with Crippen molar-refractivity contribution in [3.05, 3.63) is 29.8 Å². The summed E-state index contributed by atoms with van der Waals surface area (Å²) in [5, 5.41) is 2.78. The molecule has 7 nitrogen and oxygen atoms in total. The summed E-state index contributed by atoms with van der Waals surface area (Å²) >= 11 is 0. The molecule has 168 valence electrons. The molecule has 0 aliphatic carbocycles. The van der Waals surface area contributed by atoms with E-state index in [1.165, 1.54) is 17.0 Å². The maximum absolute atomic E-state index is 13.0. The minimum Gasteiger partial charge on any atom is -0.355 e. The molecule has 1 fully saturated rings. The van der Waals surface area contributed by atoms with Crippen molar-refractivity contribution >= 4 is 21.8 Å². The fourth-order valence-corrected chi connectivity index (χ4v) is 5.60. The van der Waals surface area contributed by atoms with Crippen molar-refractivity contribution in [3.8, 4) is 0 Å². The van der Waals surface area contributed by atoms with E-state index < -0.39 is 10.0 Å². The number of sulfonamides is 1. The fourth-order valence-electron chi connectivity index (χ4n) is 3.92. The molecule has 2 atom stereocenters. The van der Waals surface area contributed by atoms with Crippen LogP contribution in [0.15, 0.2) is 29.2 Å². The van der Waals surface area contributed by atoms with Crippen LogP contribution in [0.2, 0.25) is 0 Å². The Hall–Kier alpha value is -1.93. The minimum absolute atomic E-state index is 0.00369. The summed E-state index contributed by atoms with van der Waals surface area (Å²) in [6.07, 6.45) is 2.58. The van der Waals surface area contributed by atoms with Crippen LogP contribution in [0.25, 0.3) is 0 Å². The molecule has 1 N–H and O–H groups in total. The van der Waals surface area contributed by atoms with Crippen LogP contribution >= 0.6 is 0 Å². The molecule has 0 aromatic heterocycles. The number of rotatable bonds is 9. The van der Waals surface area contributed by atoms with Gasteiger partial charge in [0.05, 0.1) is 11.4 Å². The van der Waals surface area contributed by atoms with Gasteiger partial charge in [-0.1, -0.05) is 27.7 Å². The first-order chi connectivity index (χ1) is 14.2. The summed E-state index contributed by atoms with van der Waals surface area (Å²) < 4.78 is 27.6. The van der Waals surface area contributed by atoms with E-state index in [1.807, 2.05) is 13.8 Å². The van der Waals surface area contributed by atoms with Crippen molar-refractivity contribution in [3.63, 3.8) is 0 Å². The lowest BCUT2D eigenvalue weighted by Gasteiger charge is -2.34. The van der Waals surface area contributed by atoms with E-state index in [-0.39, 0.29) is 23.3 Å². The van der Waals surface area contributed by atoms with Gasteiger partial charge in [-0.05, 0) is 55.4 Å². The zero-order valence-electron chi connectivity index (χ0n) is 18.6. The monoisotopic (exact) mass is 437 g/mol. The zero-order chi connectivity index (χ0) is 22.3. The summed E-state index contributed by atoms with van der Waals surface area (Å²) in [6, 6.07) is 6.07. The minimum atomic E-state index is -3.59. The van der Waals surface area contributed by atoms with Crippen LogP contribution in [-0.2, 0) is 14.8 Å². The average molecular weight is 438 g/mol. The topological polar surface area (TPSA) is 86.8 Å². The number of piperidine rings is 1. The quantitative estimate of drug-likeness (QED) is 0.644. The second-order valence-corrected chi connectivity index (χ2v) is 10.3. The van der Waals surface area contributed by atoms with E-state index >= 15 is 0 Å². The van der Waals surface area contributed by atoms with E-state index in [9.17, 15) is 18.0 Å². The normalized spacial score (nSPS) is 20.0. The fraction of sp³-hybridized carbons (Fsp3) is 0.636. The van der Waals surface area contributed by atoms with Gasteiger partial charge in [0.2, 0.25) is 15.9 Å². The third-order valence-corrected chi connectivity index (χ3v) is 7.11. The predicted octanol–water partition coefficient (Wildman–Crippen LogP) is 2.73. The molecule has 2 amide bonds. The molecule has 0 radical (unpaired) electrons. The van der Waals surface area contributed by atoms with Gasteiger partial charge < -0.3 is 10.2 Å². The van der Waals surface area contributed by atoms with Crippen molar-refractivity contribution in [1.29, 1.82) is 0 Å². The lowest BCUT2D eigenvalue weighted by atomic mass is 9.94. The van der Waals surface area contributed by atoms with Gasteiger partial charge in [-0.3, -0.25) is 9.59 Å². The summed E-state index contributed by atoms with van der Waals surface area (Å²) in [5.74, 6) is 0.190. The highest BCUT2D eigenvalue weighted by molar-refractivity contribution is 7.89. The SMILES string of the molecule is CCCNC(=O)CN(CCC)C(=O)c1ccc(S(=O)(=O)N2CC(C)CC(C)C2)cc1. The highest BCUT2D eigenvalue weighted by atomic mass is 32.2. The lowest BCUT2D eigenvalue weighted by Crippen LogP contribution is -2.42. The maximum atomic E-state index is 13.0. The van der Waals surface area contributed by atoms with Gasteiger partial charge in [-0.25, -0.2) is 8.42 Å². The Morgan fingerprint density at radius 2 is 1.67 bits per heavy atom. The van der Waals surface area contributed by atoms with E-state index in [4.69, 9.17) is 0 Å². The first-order valence-electron chi connectivity index (χ1n) is 10.8. The number of hydrogen-bond acceptors (Lipinski definition) is 4. The second-order valence-electron chi connectivity index (χ2n) is 8.37. The largest absolute Gasteiger partial charge is 0.355 e. The maximum Gasteiger partial charge on any atom is 0.254 e. The summed E-state index contributed by atoms with van der Waals surface area (Å²) in [5.41, 5.74) is 0.381. The molecular weight excluding hydrogens is 402 g/mol. The summed E-state index contributed by atoms with van der Waals surface area (Å²) in [7, 11) is -3.59. The molecular formula is C22H35N3O4S. The molecule has 1 aliphatic heterocycles. The first-order valence-corrected chi connectivity index (χ1v) is 12.3. The molecule has 1 saturated heterocycles. The van der Waals surface area contributed by atoms with E-state index in [0.29, 0.717) is 43.6 Å². The van der Waals surface area contributed by atoms with Gasteiger partial charge in [-0.2, -0.15) is 4.31 Å². The number of amides is 2. The Morgan fingerprint density at radius 1 is 1.07 bits per heavy atom. The number of carbonyl (C=O) groups is 2. The van der Waals surface area contributed by atoms with Crippen molar-refractivity contribution < 1.29 is 18.0 Å². The van der Waals surface area contributed by atoms with E-state index in [2.05, 4.69) is 19.2 Å². The molecule has 0 bridgehead atoms. The highest BCUT2D eigenvalue weighted by Gasteiger charge is 2.31. The average Bonchev–Trinajstić information content (AvgIpc) is 2.70. The zero-order valence-corrected chi connectivity index (χ0v) is 19.4. The third-order valence-electron chi connectivity index (χ3n) is 5.26. The number of carbonyl (C=O) groups excluding carboxylic acids is 2. The molecule has 0 saturated carbocycles. The van der Waals surface area contributed by atoms with Crippen LogP contribution < -0.4 is 5.32 Å².